The van der Waals surface area contributed by atoms with E-state index in [-0.39, 0.29) is 18.2 Å². The van der Waals surface area contributed by atoms with E-state index in [1.165, 1.54) is 18.2 Å². The average molecular weight is 343 g/mol. The van der Waals surface area contributed by atoms with Crippen molar-refractivity contribution in [1.29, 1.82) is 0 Å². The third kappa shape index (κ3) is 5.05. The van der Waals surface area contributed by atoms with Crippen LogP contribution in [0.2, 0.25) is 0 Å². The standard InChI is InChI=1S/C15H16F3N3O3/c16-15(17,18)12-6-2-1-4-10(12)8-20-21-14(23)13(22)19-9-11-5-3-7-24-11/h1-2,4,6,8,11H,3,5,7,9H2,(H,19,22)(H,21,23). The van der Waals surface area contributed by atoms with Crippen molar-refractivity contribution < 1.29 is 27.5 Å². The molecule has 6 nitrogen and oxygen atoms in total. The van der Waals surface area contributed by atoms with Crippen LogP contribution in [0.5, 0.6) is 0 Å². The van der Waals surface area contributed by atoms with Crippen LogP contribution in [0.4, 0.5) is 13.2 Å². The number of alkyl halides is 3. The number of nitrogens with zero attached hydrogens (tertiary/aromatic N) is 1. The van der Waals surface area contributed by atoms with Gasteiger partial charge in [-0.05, 0) is 18.9 Å². The monoisotopic (exact) mass is 343 g/mol. The Morgan fingerprint density at radius 1 is 1.29 bits per heavy atom. The Morgan fingerprint density at radius 2 is 2.04 bits per heavy atom. The molecule has 0 bridgehead atoms. The molecule has 130 valence electrons. The molecule has 0 spiro atoms. The highest BCUT2D eigenvalue weighted by atomic mass is 19.4. The fourth-order valence-electron chi connectivity index (χ4n) is 2.17. The van der Waals surface area contributed by atoms with E-state index in [1.807, 2.05) is 5.43 Å². The van der Waals surface area contributed by atoms with Crippen molar-refractivity contribution in [2.75, 3.05) is 13.2 Å². The first kappa shape index (κ1) is 17.9. The van der Waals surface area contributed by atoms with Gasteiger partial charge in [0.15, 0.2) is 0 Å². The van der Waals surface area contributed by atoms with Crippen molar-refractivity contribution in [2.24, 2.45) is 5.10 Å². The number of hydrazone groups is 1. The molecule has 1 aliphatic rings. The minimum Gasteiger partial charge on any atom is -0.376 e. The molecule has 2 amide bonds. The van der Waals surface area contributed by atoms with Gasteiger partial charge in [0.1, 0.15) is 0 Å². The smallest absolute Gasteiger partial charge is 0.376 e. The van der Waals surface area contributed by atoms with Crippen molar-refractivity contribution in [3.63, 3.8) is 0 Å². The van der Waals surface area contributed by atoms with Crippen LogP contribution in [0.1, 0.15) is 24.0 Å². The summed E-state index contributed by atoms with van der Waals surface area (Å²) in [5.41, 5.74) is 0.794. The zero-order valence-electron chi connectivity index (χ0n) is 12.6. The molecule has 0 aromatic heterocycles. The van der Waals surface area contributed by atoms with E-state index in [0.717, 1.165) is 25.1 Å². The SMILES string of the molecule is O=C(NCC1CCCO1)C(=O)NN=Cc1ccccc1C(F)(F)F. The fraction of sp³-hybridized carbons (Fsp3) is 0.400. The van der Waals surface area contributed by atoms with Crippen LogP contribution in [0.25, 0.3) is 0 Å². The van der Waals surface area contributed by atoms with E-state index in [4.69, 9.17) is 4.74 Å². The number of rotatable bonds is 4. The summed E-state index contributed by atoms with van der Waals surface area (Å²) in [7, 11) is 0. The number of amides is 2. The zero-order valence-corrected chi connectivity index (χ0v) is 12.6. The summed E-state index contributed by atoms with van der Waals surface area (Å²) in [5, 5.41) is 5.78. The lowest BCUT2D eigenvalue weighted by Crippen LogP contribution is -2.41. The van der Waals surface area contributed by atoms with Crippen LogP contribution < -0.4 is 10.7 Å². The number of ether oxygens (including phenoxy) is 1. The molecule has 1 fully saturated rings. The normalized spacial score (nSPS) is 17.9. The lowest BCUT2D eigenvalue weighted by atomic mass is 10.1. The molecule has 1 aromatic carbocycles. The highest BCUT2D eigenvalue weighted by Gasteiger charge is 2.32. The van der Waals surface area contributed by atoms with Crippen LogP contribution in [-0.2, 0) is 20.5 Å². The first-order chi connectivity index (χ1) is 11.4. The van der Waals surface area contributed by atoms with E-state index in [9.17, 15) is 22.8 Å². The molecule has 1 atom stereocenters. The number of hydrogen-bond acceptors (Lipinski definition) is 4. The molecule has 2 rings (SSSR count). The van der Waals surface area contributed by atoms with Gasteiger partial charge >= 0.3 is 18.0 Å². The van der Waals surface area contributed by atoms with E-state index in [0.29, 0.717) is 6.61 Å². The van der Waals surface area contributed by atoms with Gasteiger partial charge in [0.2, 0.25) is 0 Å². The topological polar surface area (TPSA) is 79.8 Å². The van der Waals surface area contributed by atoms with Crippen LogP contribution in [0.3, 0.4) is 0 Å². The second kappa shape index (κ2) is 7.91. The van der Waals surface area contributed by atoms with Gasteiger partial charge in [-0.1, -0.05) is 18.2 Å². The Morgan fingerprint density at radius 3 is 2.71 bits per heavy atom. The van der Waals surface area contributed by atoms with Gasteiger partial charge in [-0.25, -0.2) is 5.43 Å². The molecule has 1 unspecified atom stereocenters. The quantitative estimate of drug-likeness (QED) is 0.493. The number of halogens is 3. The van der Waals surface area contributed by atoms with E-state index < -0.39 is 23.6 Å². The lowest BCUT2D eigenvalue weighted by Gasteiger charge is -2.10. The van der Waals surface area contributed by atoms with Crippen LogP contribution in [0.15, 0.2) is 29.4 Å². The van der Waals surface area contributed by atoms with Gasteiger partial charge in [-0.2, -0.15) is 18.3 Å². The number of benzene rings is 1. The first-order valence-corrected chi connectivity index (χ1v) is 7.27. The molecule has 1 aromatic rings. The minimum atomic E-state index is -4.54. The summed E-state index contributed by atoms with van der Waals surface area (Å²) in [6.07, 6.45) is -2.12. The summed E-state index contributed by atoms with van der Waals surface area (Å²) >= 11 is 0. The molecule has 1 heterocycles. The van der Waals surface area contributed by atoms with Crippen molar-refractivity contribution in [3.8, 4) is 0 Å². The van der Waals surface area contributed by atoms with E-state index in [2.05, 4.69) is 10.4 Å². The van der Waals surface area contributed by atoms with Gasteiger partial charge < -0.3 is 10.1 Å². The summed E-state index contributed by atoms with van der Waals surface area (Å²) in [6.45, 7) is 0.822. The molecule has 9 heteroatoms. The van der Waals surface area contributed by atoms with E-state index in [1.54, 1.807) is 0 Å². The van der Waals surface area contributed by atoms with Gasteiger partial charge in [0.25, 0.3) is 0 Å². The molecule has 1 saturated heterocycles. The summed E-state index contributed by atoms with van der Waals surface area (Å²) in [4.78, 5) is 23.1. The Labute approximate surface area is 136 Å². The zero-order chi connectivity index (χ0) is 17.6. The molecule has 24 heavy (non-hydrogen) atoms. The molecule has 2 N–H and O–H groups in total. The van der Waals surface area contributed by atoms with Crippen molar-refractivity contribution >= 4 is 18.0 Å². The molecule has 1 aliphatic heterocycles. The average Bonchev–Trinajstić information content (AvgIpc) is 3.05. The maximum absolute atomic E-state index is 12.8. The largest absolute Gasteiger partial charge is 0.417 e. The van der Waals surface area contributed by atoms with Gasteiger partial charge in [0, 0.05) is 18.7 Å². The third-order valence-corrected chi connectivity index (χ3v) is 3.36. The summed E-state index contributed by atoms with van der Waals surface area (Å²) in [6, 6.07) is 4.76. The molecule has 0 saturated carbocycles. The molecule has 0 radical (unpaired) electrons. The molecule has 0 aliphatic carbocycles. The Hall–Kier alpha value is -2.42. The third-order valence-electron chi connectivity index (χ3n) is 3.36. The maximum Gasteiger partial charge on any atom is 0.417 e. The highest BCUT2D eigenvalue weighted by Crippen LogP contribution is 2.30. The number of carbonyl (C=O) groups is 2. The Bertz CT molecular complexity index is 626. The van der Waals surface area contributed by atoms with Gasteiger partial charge in [-0.15, -0.1) is 0 Å². The predicted molar refractivity (Wildman–Crippen MR) is 79.2 cm³/mol. The predicted octanol–water partition coefficient (Wildman–Crippen LogP) is 1.45. The molecular formula is C15H16F3N3O3. The second-order valence-corrected chi connectivity index (χ2v) is 5.13. The Kier molecular flexibility index (Phi) is 5.91. The summed E-state index contributed by atoms with van der Waals surface area (Å²) < 4.78 is 43.6. The summed E-state index contributed by atoms with van der Waals surface area (Å²) in [5.74, 6) is -1.99. The van der Waals surface area contributed by atoms with E-state index >= 15 is 0 Å². The minimum absolute atomic E-state index is 0.121. The number of hydrogen-bond donors (Lipinski definition) is 2. The molecular weight excluding hydrogens is 327 g/mol. The number of carbonyl (C=O) groups excluding carboxylic acids is 2. The second-order valence-electron chi connectivity index (χ2n) is 5.13. The highest BCUT2D eigenvalue weighted by molar-refractivity contribution is 6.35. The lowest BCUT2D eigenvalue weighted by molar-refractivity contribution is -0.139. The van der Waals surface area contributed by atoms with Crippen molar-refractivity contribution in [2.45, 2.75) is 25.1 Å². The van der Waals surface area contributed by atoms with Crippen LogP contribution in [-0.4, -0.2) is 37.3 Å². The van der Waals surface area contributed by atoms with Crippen molar-refractivity contribution in [1.82, 2.24) is 10.7 Å². The van der Waals surface area contributed by atoms with Crippen molar-refractivity contribution in [3.05, 3.63) is 35.4 Å². The number of nitrogens with one attached hydrogen (secondary N) is 2. The van der Waals surface area contributed by atoms with Gasteiger partial charge in [-0.3, -0.25) is 9.59 Å². The van der Waals surface area contributed by atoms with Crippen LogP contribution >= 0.6 is 0 Å². The Balaban J connectivity index is 1.87. The van der Waals surface area contributed by atoms with Gasteiger partial charge in [0.05, 0.1) is 17.9 Å². The first-order valence-electron chi connectivity index (χ1n) is 7.27. The fourth-order valence-corrected chi connectivity index (χ4v) is 2.17. The van der Waals surface area contributed by atoms with Crippen LogP contribution in [0, 0.1) is 0 Å². The maximum atomic E-state index is 12.8.